The average Bonchev–Trinajstić information content (AvgIpc) is 3.37. The lowest BCUT2D eigenvalue weighted by Gasteiger charge is -2.25. The number of rotatable bonds is 6. The third kappa shape index (κ3) is 4.30. The molecule has 3 heteroatoms. The van der Waals surface area contributed by atoms with E-state index < -0.39 is 0 Å². The Morgan fingerprint density at radius 3 is 0.923 bits per heavy atom. The van der Waals surface area contributed by atoms with E-state index >= 15 is 0 Å². The van der Waals surface area contributed by atoms with Crippen LogP contribution in [-0.4, -0.2) is 0 Å². The first-order valence-electron chi connectivity index (χ1n) is 13.1. The highest BCUT2D eigenvalue weighted by atomic mass is 16.3. The molecule has 0 unspecified atom stereocenters. The van der Waals surface area contributed by atoms with E-state index in [1.807, 2.05) is 24.3 Å². The van der Waals surface area contributed by atoms with E-state index in [-0.39, 0.29) is 0 Å². The van der Waals surface area contributed by atoms with E-state index in [1.165, 1.54) is 0 Å². The third-order valence-corrected chi connectivity index (χ3v) is 7.01. The number of hydrogen-bond donors (Lipinski definition) is 0. The summed E-state index contributed by atoms with van der Waals surface area (Å²) in [4.78, 5) is 4.56. The molecule has 0 amide bonds. The predicted octanol–water partition coefficient (Wildman–Crippen LogP) is 10.5. The lowest BCUT2D eigenvalue weighted by Crippen LogP contribution is -2.09. The number of nitrogens with zero attached hydrogens (tertiary/aromatic N) is 2. The van der Waals surface area contributed by atoms with Gasteiger partial charge in [-0.1, -0.05) is 72.8 Å². The largest absolute Gasteiger partial charge is 0.456 e. The van der Waals surface area contributed by atoms with Crippen LogP contribution in [0.25, 0.3) is 21.9 Å². The van der Waals surface area contributed by atoms with E-state index in [2.05, 4.69) is 143 Å². The summed E-state index contributed by atoms with van der Waals surface area (Å²) in [7, 11) is 0. The van der Waals surface area contributed by atoms with Crippen molar-refractivity contribution in [2.24, 2.45) is 0 Å². The smallest absolute Gasteiger partial charge is 0.135 e. The van der Waals surface area contributed by atoms with Crippen LogP contribution in [0.3, 0.4) is 0 Å². The molecule has 6 aromatic carbocycles. The topological polar surface area (TPSA) is 19.6 Å². The molecule has 0 fully saturated rings. The van der Waals surface area contributed by atoms with Gasteiger partial charge < -0.3 is 14.2 Å². The van der Waals surface area contributed by atoms with Crippen molar-refractivity contribution in [3.63, 3.8) is 0 Å². The molecule has 186 valence electrons. The molecule has 1 heterocycles. The van der Waals surface area contributed by atoms with Crippen molar-refractivity contribution in [2.45, 2.75) is 0 Å². The van der Waals surface area contributed by atoms with Crippen molar-refractivity contribution in [1.82, 2.24) is 0 Å². The first kappa shape index (κ1) is 22.9. The summed E-state index contributed by atoms with van der Waals surface area (Å²) in [5.41, 5.74) is 8.33. The van der Waals surface area contributed by atoms with Crippen LogP contribution < -0.4 is 9.80 Å². The van der Waals surface area contributed by atoms with Crippen molar-refractivity contribution in [2.75, 3.05) is 9.80 Å². The molecule has 0 atom stereocenters. The number of anilines is 6. The fourth-order valence-electron chi connectivity index (χ4n) is 5.23. The van der Waals surface area contributed by atoms with Crippen molar-refractivity contribution < 1.29 is 4.42 Å². The molecule has 0 N–H and O–H groups in total. The van der Waals surface area contributed by atoms with Crippen LogP contribution >= 0.6 is 0 Å². The zero-order valence-electron chi connectivity index (χ0n) is 21.3. The van der Waals surface area contributed by atoms with Crippen LogP contribution in [0, 0.1) is 0 Å². The van der Waals surface area contributed by atoms with Gasteiger partial charge in [-0.05, 0) is 84.9 Å². The molecule has 0 saturated heterocycles. The van der Waals surface area contributed by atoms with E-state index in [4.69, 9.17) is 4.42 Å². The summed E-state index contributed by atoms with van der Waals surface area (Å²) >= 11 is 0. The first-order valence-corrected chi connectivity index (χ1v) is 13.1. The lowest BCUT2D eigenvalue weighted by atomic mass is 10.1. The maximum Gasteiger partial charge on any atom is 0.135 e. The molecular formula is C36H26N2O. The third-order valence-electron chi connectivity index (χ3n) is 7.01. The van der Waals surface area contributed by atoms with Gasteiger partial charge in [-0.2, -0.15) is 0 Å². The van der Waals surface area contributed by atoms with Gasteiger partial charge in [0.15, 0.2) is 0 Å². The van der Waals surface area contributed by atoms with Crippen molar-refractivity contribution in [1.29, 1.82) is 0 Å². The zero-order valence-corrected chi connectivity index (χ0v) is 21.3. The average molecular weight is 503 g/mol. The second kappa shape index (κ2) is 9.88. The maximum atomic E-state index is 6.31. The van der Waals surface area contributed by atoms with Crippen LogP contribution in [0.1, 0.15) is 0 Å². The molecule has 0 bridgehead atoms. The summed E-state index contributed by atoms with van der Waals surface area (Å²) in [6.45, 7) is 0. The monoisotopic (exact) mass is 502 g/mol. The van der Waals surface area contributed by atoms with Crippen molar-refractivity contribution in [3.8, 4) is 0 Å². The zero-order chi connectivity index (χ0) is 26.0. The molecule has 0 aliphatic heterocycles. The number of furan rings is 1. The van der Waals surface area contributed by atoms with Crippen LogP contribution in [0.15, 0.2) is 162 Å². The van der Waals surface area contributed by atoms with Gasteiger partial charge in [0.05, 0.1) is 0 Å². The van der Waals surface area contributed by atoms with E-state index in [0.29, 0.717) is 0 Å². The molecule has 39 heavy (non-hydrogen) atoms. The van der Waals surface area contributed by atoms with Gasteiger partial charge in [-0.15, -0.1) is 0 Å². The van der Waals surface area contributed by atoms with Gasteiger partial charge in [0.2, 0.25) is 0 Å². The van der Waals surface area contributed by atoms with E-state index in [9.17, 15) is 0 Å². The van der Waals surface area contributed by atoms with Crippen LogP contribution in [0.5, 0.6) is 0 Å². The lowest BCUT2D eigenvalue weighted by molar-refractivity contribution is 0.669. The van der Waals surface area contributed by atoms with Crippen LogP contribution in [0.2, 0.25) is 0 Å². The minimum absolute atomic E-state index is 0.873. The van der Waals surface area contributed by atoms with E-state index in [0.717, 1.165) is 56.1 Å². The normalized spacial score (nSPS) is 11.1. The standard InChI is InChI=1S/C36H26N2O/c1-5-13-27(14-6-1)37(28-15-7-2-8-16-28)31-21-23-35-33(25-31)34-26-32(22-24-36(34)39-35)38(29-17-9-3-10-18-29)30-19-11-4-12-20-30/h1-26H. The van der Waals surface area contributed by atoms with Gasteiger partial charge in [0.25, 0.3) is 0 Å². The minimum Gasteiger partial charge on any atom is -0.456 e. The molecule has 0 spiro atoms. The highest BCUT2D eigenvalue weighted by Crippen LogP contribution is 2.41. The molecule has 7 rings (SSSR count). The molecule has 0 aliphatic carbocycles. The quantitative estimate of drug-likeness (QED) is 0.225. The van der Waals surface area contributed by atoms with Gasteiger partial charge in [-0.3, -0.25) is 0 Å². The van der Waals surface area contributed by atoms with Crippen molar-refractivity contribution >= 4 is 56.1 Å². The molecule has 0 radical (unpaired) electrons. The highest BCUT2D eigenvalue weighted by molar-refractivity contribution is 6.08. The number of para-hydroxylation sites is 4. The van der Waals surface area contributed by atoms with Crippen molar-refractivity contribution in [3.05, 3.63) is 158 Å². The van der Waals surface area contributed by atoms with Gasteiger partial charge >= 0.3 is 0 Å². The van der Waals surface area contributed by atoms with Gasteiger partial charge in [0, 0.05) is 44.9 Å². The Hall–Kier alpha value is -5.28. The van der Waals surface area contributed by atoms with Gasteiger partial charge in [-0.25, -0.2) is 0 Å². The molecule has 0 aliphatic rings. The Morgan fingerprint density at radius 1 is 0.308 bits per heavy atom. The van der Waals surface area contributed by atoms with Crippen LogP contribution in [0.4, 0.5) is 34.1 Å². The summed E-state index contributed by atoms with van der Waals surface area (Å²) in [6.07, 6.45) is 0. The Balaban J connectivity index is 1.40. The fourth-order valence-corrected chi connectivity index (χ4v) is 5.23. The summed E-state index contributed by atoms with van der Waals surface area (Å²) in [5, 5.41) is 2.17. The van der Waals surface area contributed by atoms with Gasteiger partial charge in [0.1, 0.15) is 11.2 Å². The molecule has 0 saturated carbocycles. The Morgan fingerprint density at radius 2 is 0.615 bits per heavy atom. The molecular weight excluding hydrogens is 476 g/mol. The summed E-state index contributed by atoms with van der Waals surface area (Å²) in [5.74, 6) is 0. The second-order valence-corrected chi connectivity index (χ2v) is 9.48. The second-order valence-electron chi connectivity index (χ2n) is 9.48. The predicted molar refractivity (Wildman–Crippen MR) is 163 cm³/mol. The number of hydrogen-bond acceptors (Lipinski definition) is 3. The molecule has 1 aromatic heterocycles. The Labute approximate surface area is 227 Å². The molecule has 7 aromatic rings. The SMILES string of the molecule is c1ccc(N(c2ccccc2)c2ccc3oc4ccc(N(c5ccccc5)c5ccccc5)cc4c3c2)cc1. The number of fused-ring (bicyclic) bond motifs is 3. The molecule has 3 nitrogen and oxygen atoms in total. The Kier molecular flexibility index (Phi) is 5.80. The maximum absolute atomic E-state index is 6.31. The summed E-state index contributed by atoms with van der Waals surface area (Å²) in [6, 6.07) is 54.8. The number of benzene rings is 6. The Bertz CT molecular complexity index is 1630. The minimum atomic E-state index is 0.873. The van der Waals surface area contributed by atoms with Crippen LogP contribution in [-0.2, 0) is 0 Å². The fraction of sp³-hybridized carbons (Fsp3) is 0. The van der Waals surface area contributed by atoms with E-state index in [1.54, 1.807) is 0 Å². The summed E-state index contributed by atoms with van der Waals surface area (Å²) < 4.78 is 6.31. The first-order chi connectivity index (χ1) is 19.3. The highest BCUT2D eigenvalue weighted by Gasteiger charge is 2.17.